The Bertz CT molecular complexity index is 646. The largest absolute Gasteiger partial charge is 0.354 e. The molecule has 0 saturated heterocycles. The van der Waals surface area contributed by atoms with Crippen LogP contribution in [-0.2, 0) is 19.5 Å². The lowest BCUT2D eigenvalue weighted by Crippen LogP contribution is -2.40. The van der Waals surface area contributed by atoms with E-state index in [0.717, 1.165) is 37.8 Å². The van der Waals surface area contributed by atoms with Crippen molar-refractivity contribution in [2.24, 2.45) is 4.99 Å². The fraction of sp³-hybridized carbons (Fsp3) is 0.471. The lowest BCUT2D eigenvalue weighted by Gasteiger charge is -2.23. The van der Waals surface area contributed by atoms with Gasteiger partial charge in [0.1, 0.15) is 12.2 Å². The van der Waals surface area contributed by atoms with Crippen LogP contribution in [0, 0.1) is 6.92 Å². The molecule has 2 rings (SSSR count). The third-order valence-corrected chi connectivity index (χ3v) is 3.89. The summed E-state index contributed by atoms with van der Waals surface area (Å²) in [5.74, 6) is 1.90. The molecule has 23 heavy (non-hydrogen) atoms. The van der Waals surface area contributed by atoms with Crippen LogP contribution >= 0.6 is 0 Å². The smallest absolute Gasteiger partial charge is 0.193 e. The molecule has 1 N–H and O–H groups in total. The zero-order valence-electron chi connectivity index (χ0n) is 14.5. The van der Waals surface area contributed by atoms with E-state index in [1.54, 1.807) is 6.33 Å². The lowest BCUT2D eigenvalue weighted by molar-refractivity contribution is 0.471. The van der Waals surface area contributed by atoms with Crippen molar-refractivity contribution in [3.63, 3.8) is 0 Å². The van der Waals surface area contributed by atoms with Gasteiger partial charge in [0.05, 0.1) is 0 Å². The second-order valence-electron chi connectivity index (χ2n) is 5.55. The van der Waals surface area contributed by atoms with Crippen LogP contribution in [0.1, 0.15) is 23.9 Å². The molecule has 0 aliphatic rings. The number of nitrogens with one attached hydrogen (secondary N) is 1. The Labute approximate surface area is 138 Å². The minimum Gasteiger partial charge on any atom is -0.354 e. The molecule has 0 amide bonds. The second kappa shape index (κ2) is 8.31. The van der Waals surface area contributed by atoms with Crippen molar-refractivity contribution in [2.45, 2.75) is 33.4 Å². The van der Waals surface area contributed by atoms with Gasteiger partial charge >= 0.3 is 0 Å². The summed E-state index contributed by atoms with van der Waals surface area (Å²) in [6, 6.07) is 8.43. The molecule has 2 aromatic rings. The number of guanidine groups is 1. The van der Waals surface area contributed by atoms with Gasteiger partial charge in [0.25, 0.3) is 0 Å². The van der Waals surface area contributed by atoms with Gasteiger partial charge in [0, 0.05) is 40.2 Å². The van der Waals surface area contributed by atoms with E-state index in [1.165, 1.54) is 11.1 Å². The first-order chi connectivity index (χ1) is 11.2. The molecular formula is C17H26N6. The minimum atomic E-state index is 0.788. The fourth-order valence-corrected chi connectivity index (χ4v) is 2.53. The molecule has 0 radical (unpaired) electrons. The summed E-state index contributed by atoms with van der Waals surface area (Å²) in [4.78, 5) is 6.50. The third-order valence-electron chi connectivity index (χ3n) is 3.89. The van der Waals surface area contributed by atoms with Crippen molar-refractivity contribution >= 4 is 5.96 Å². The van der Waals surface area contributed by atoms with Crippen LogP contribution in [-0.4, -0.2) is 46.3 Å². The summed E-state index contributed by atoms with van der Waals surface area (Å²) in [6.45, 7) is 6.67. The molecule has 1 aromatic carbocycles. The Kier molecular flexibility index (Phi) is 6.14. The first-order valence-corrected chi connectivity index (χ1v) is 7.98. The van der Waals surface area contributed by atoms with Gasteiger partial charge in [0.15, 0.2) is 5.96 Å². The molecule has 1 heterocycles. The number of rotatable bonds is 6. The molecule has 0 unspecified atom stereocenters. The van der Waals surface area contributed by atoms with Crippen molar-refractivity contribution < 1.29 is 0 Å². The molecule has 0 bridgehead atoms. The van der Waals surface area contributed by atoms with Crippen LogP contribution < -0.4 is 5.32 Å². The van der Waals surface area contributed by atoms with Crippen LogP contribution in [0.5, 0.6) is 0 Å². The van der Waals surface area contributed by atoms with E-state index < -0.39 is 0 Å². The van der Waals surface area contributed by atoms with Gasteiger partial charge < -0.3 is 14.8 Å². The monoisotopic (exact) mass is 314 g/mol. The van der Waals surface area contributed by atoms with Crippen molar-refractivity contribution in [3.8, 4) is 0 Å². The van der Waals surface area contributed by atoms with Crippen molar-refractivity contribution in [2.75, 3.05) is 20.6 Å². The molecule has 0 spiro atoms. The van der Waals surface area contributed by atoms with E-state index in [-0.39, 0.29) is 0 Å². The molecule has 0 fully saturated rings. The van der Waals surface area contributed by atoms with Gasteiger partial charge in [-0.3, -0.25) is 4.99 Å². The molecule has 0 aliphatic carbocycles. The zero-order chi connectivity index (χ0) is 16.7. The van der Waals surface area contributed by atoms with Crippen LogP contribution in [0.25, 0.3) is 0 Å². The third kappa shape index (κ3) is 4.55. The highest BCUT2D eigenvalue weighted by atomic mass is 15.3. The van der Waals surface area contributed by atoms with E-state index in [0.29, 0.717) is 0 Å². The van der Waals surface area contributed by atoms with Gasteiger partial charge in [-0.15, -0.1) is 10.2 Å². The highest BCUT2D eigenvalue weighted by Gasteiger charge is 2.08. The van der Waals surface area contributed by atoms with E-state index >= 15 is 0 Å². The second-order valence-corrected chi connectivity index (χ2v) is 5.55. The average Bonchev–Trinajstić information content (AvgIpc) is 3.01. The van der Waals surface area contributed by atoms with Crippen molar-refractivity contribution in [1.82, 2.24) is 25.0 Å². The predicted octanol–water partition coefficient (Wildman–Crippen LogP) is 1.86. The van der Waals surface area contributed by atoms with E-state index in [4.69, 9.17) is 0 Å². The zero-order valence-corrected chi connectivity index (χ0v) is 14.5. The number of hydrogen-bond donors (Lipinski definition) is 1. The molecule has 6 heteroatoms. The van der Waals surface area contributed by atoms with Gasteiger partial charge in [-0.25, -0.2) is 0 Å². The quantitative estimate of drug-likeness (QED) is 0.653. The summed E-state index contributed by atoms with van der Waals surface area (Å²) in [7, 11) is 3.87. The Hall–Kier alpha value is -2.37. The Morgan fingerprint density at radius 1 is 1.35 bits per heavy atom. The van der Waals surface area contributed by atoms with Gasteiger partial charge in [0.2, 0.25) is 0 Å². The maximum Gasteiger partial charge on any atom is 0.193 e. The molecule has 6 nitrogen and oxygen atoms in total. The SMILES string of the molecule is CCc1nncn1CCNC(=NC)N(C)Cc1ccccc1C. The van der Waals surface area contributed by atoms with Crippen molar-refractivity contribution in [3.05, 3.63) is 47.5 Å². The lowest BCUT2D eigenvalue weighted by atomic mass is 10.1. The van der Waals surface area contributed by atoms with E-state index in [1.807, 2.05) is 7.05 Å². The topological polar surface area (TPSA) is 58.3 Å². The number of hydrogen-bond acceptors (Lipinski definition) is 3. The molecule has 0 atom stereocenters. The Balaban J connectivity index is 1.88. The number of aryl methyl sites for hydroxylation is 2. The standard InChI is InChI=1S/C17H26N6/c1-5-16-21-20-13-23(16)11-10-19-17(18-3)22(4)12-15-9-7-6-8-14(15)2/h6-9,13H,5,10-12H2,1-4H3,(H,18,19). The van der Waals surface area contributed by atoms with E-state index in [2.05, 4.69) is 75.1 Å². The summed E-state index contributed by atoms with van der Waals surface area (Å²) < 4.78 is 2.07. The molecule has 0 saturated carbocycles. The van der Waals surface area contributed by atoms with Gasteiger partial charge in [-0.2, -0.15) is 0 Å². The maximum absolute atomic E-state index is 4.37. The van der Waals surface area contributed by atoms with Gasteiger partial charge in [-0.05, 0) is 18.1 Å². The number of nitrogens with zero attached hydrogens (tertiary/aromatic N) is 5. The van der Waals surface area contributed by atoms with Crippen LogP contribution in [0.3, 0.4) is 0 Å². The highest BCUT2D eigenvalue weighted by molar-refractivity contribution is 5.79. The maximum atomic E-state index is 4.37. The van der Waals surface area contributed by atoms with Crippen LogP contribution in [0.15, 0.2) is 35.6 Å². The number of benzene rings is 1. The van der Waals surface area contributed by atoms with Crippen LogP contribution in [0.4, 0.5) is 0 Å². The summed E-state index contributed by atoms with van der Waals surface area (Å²) >= 11 is 0. The van der Waals surface area contributed by atoms with E-state index in [9.17, 15) is 0 Å². The number of aromatic nitrogens is 3. The van der Waals surface area contributed by atoms with Crippen molar-refractivity contribution in [1.29, 1.82) is 0 Å². The normalized spacial score (nSPS) is 11.6. The Morgan fingerprint density at radius 3 is 2.83 bits per heavy atom. The summed E-state index contributed by atoms with van der Waals surface area (Å²) in [5, 5.41) is 11.5. The molecule has 0 aliphatic heterocycles. The average molecular weight is 314 g/mol. The Morgan fingerprint density at radius 2 is 2.13 bits per heavy atom. The fourth-order valence-electron chi connectivity index (χ4n) is 2.53. The minimum absolute atomic E-state index is 0.788. The first kappa shape index (κ1) is 17.0. The summed E-state index contributed by atoms with van der Waals surface area (Å²) in [6.07, 6.45) is 2.67. The molecule has 1 aromatic heterocycles. The number of aliphatic imine (C=N–C) groups is 1. The predicted molar refractivity (Wildman–Crippen MR) is 93.4 cm³/mol. The summed E-state index contributed by atoms with van der Waals surface area (Å²) in [5.41, 5.74) is 2.61. The molecular weight excluding hydrogens is 288 g/mol. The first-order valence-electron chi connectivity index (χ1n) is 7.98. The van der Waals surface area contributed by atoms with Gasteiger partial charge in [-0.1, -0.05) is 31.2 Å². The molecule has 124 valence electrons. The highest BCUT2D eigenvalue weighted by Crippen LogP contribution is 2.09. The van der Waals surface area contributed by atoms with Crippen LogP contribution in [0.2, 0.25) is 0 Å².